The van der Waals surface area contributed by atoms with Crippen molar-refractivity contribution in [2.45, 2.75) is 6.92 Å². The second-order valence-corrected chi connectivity index (χ2v) is 6.51. The van der Waals surface area contributed by atoms with E-state index in [2.05, 4.69) is 10.6 Å². The number of anilines is 1. The first kappa shape index (κ1) is 20.7. The highest BCUT2D eigenvalue weighted by molar-refractivity contribution is 6.44. The molecule has 2 rings (SSSR count). The minimum atomic E-state index is -0.697. The Bertz CT molecular complexity index is 960. The molecule has 0 aliphatic heterocycles. The van der Waals surface area contributed by atoms with E-state index in [-0.39, 0.29) is 32.1 Å². The molecule has 0 aromatic heterocycles. The number of amides is 2. The maximum absolute atomic E-state index is 12.6. The fraction of sp³-hybridized carbons (Fsp3) is 0.0588. The first-order valence-electron chi connectivity index (χ1n) is 7.37. The van der Waals surface area contributed by atoms with Crippen LogP contribution in [0.25, 0.3) is 6.08 Å². The molecule has 0 aliphatic rings. The van der Waals surface area contributed by atoms with Crippen molar-refractivity contribution >= 4 is 64.1 Å². The van der Waals surface area contributed by atoms with Gasteiger partial charge in [-0.1, -0.05) is 46.9 Å². The summed E-state index contributed by atoms with van der Waals surface area (Å²) in [5.41, 5.74) is 0.249. The topological polar surface area (TPSA) is 101 Å². The molecule has 0 atom stereocenters. The number of halogens is 3. The standard InChI is InChI=1S/C17H12Cl3N3O4/c1-9(24)21-16(6-10-3-2-4-11(5-10)23(26)27)17(25)22-15-8-13(19)12(18)7-14(15)20/h2-8H,1H3,(H,21,24)(H,22,25). The van der Waals surface area contributed by atoms with E-state index in [1.165, 1.54) is 43.3 Å². The van der Waals surface area contributed by atoms with Crippen LogP contribution in [0.15, 0.2) is 42.1 Å². The molecular weight excluding hydrogens is 417 g/mol. The SMILES string of the molecule is CC(=O)NC(=Cc1cccc([N+](=O)[O-])c1)C(=O)Nc1cc(Cl)c(Cl)cc1Cl. The summed E-state index contributed by atoms with van der Waals surface area (Å²) in [5, 5.41) is 16.3. The molecule has 0 heterocycles. The molecule has 27 heavy (non-hydrogen) atoms. The van der Waals surface area contributed by atoms with Crippen LogP contribution in [0.4, 0.5) is 11.4 Å². The third-order valence-electron chi connectivity index (χ3n) is 3.21. The van der Waals surface area contributed by atoms with Crippen LogP contribution in [0.5, 0.6) is 0 Å². The van der Waals surface area contributed by atoms with Gasteiger partial charge >= 0.3 is 0 Å². The van der Waals surface area contributed by atoms with Gasteiger partial charge in [-0.05, 0) is 23.8 Å². The first-order valence-corrected chi connectivity index (χ1v) is 8.50. The molecule has 0 fully saturated rings. The van der Waals surface area contributed by atoms with Crippen LogP contribution in [0.2, 0.25) is 15.1 Å². The van der Waals surface area contributed by atoms with E-state index in [1.807, 2.05) is 0 Å². The molecule has 0 bridgehead atoms. The lowest BCUT2D eigenvalue weighted by atomic mass is 10.1. The van der Waals surface area contributed by atoms with Crippen LogP contribution in [-0.4, -0.2) is 16.7 Å². The lowest BCUT2D eigenvalue weighted by molar-refractivity contribution is -0.384. The third-order valence-corrected chi connectivity index (χ3v) is 4.24. The van der Waals surface area contributed by atoms with Gasteiger partial charge in [-0.15, -0.1) is 0 Å². The third kappa shape index (κ3) is 5.68. The average molecular weight is 429 g/mol. The second kappa shape index (κ2) is 8.85. The van der Waals surface area contributed by atoms with Gasteiger partial charge in [0.05, 0.1) is 25.7 Å². The zero-order chi connectivity index (χ0) is 20.1. The highest BCUT2D eigenvalue weighted by atomic mass is 35.5. The fourth-order valence-corrected chi connectivity index (χ4v) is 2.64. The number of carbonyl (C=O) groups is 2. The van der Waals surface area contributed by atoms with E-state index < -0.39 is 16.7 Å². The van der Waals surface area contributed by atoms with Gasteiger partial charge in [0.1, 0.15) is 5.70 Å². The summed E-state index contributed by atoms with van der Waals surface area (Å²) in [4.78, 5) is 34.3. The molecule has 0 aliphatic carbocycles. The van der Waals surface area contributed by atoms with Crippen LogP contribution in [0, 0.1) is 10.1 Å². The summed E-state index contributed by atoms with van der Waals surface area (Å²) in [7, 11) is 0. The van der Waals surface area contributed by atoms with Crippen molar-refractivity contribution < 1.29 is 14.5 Å². The van der Waals surface area contributed by atoms with E-state index in [9.17, 15) is 19.7 Å². The molecule has 140 valence electrons. The molecule has 0 saturated heterocycles. The molecule has 0 saturated carbocycles. The molecule has 0 spiro atoms. The summed E-state index contributed by atoms with van der Waals surface area (Å²) in [6.45, 7) is 1.22. The zero-order valence-electron chi connectivity index (χ0n) is 13.8. The Morgan fingerprint density at radius 2 is 1.74 bits per heavy atom. The minimum absolute atomic E-state index is 0.134. The summed E-state index contributed by atoms with van der Waals surface area (Å²) in [6, 6.07) is 8.32. The number of rotatable bonds is 5. The van der Waals surface area contributed by atoms with Crippen LogP contribution in [0.1, 0.15) is 12.5 Å². The molecule has 7 nitrogen and oxygen atoms in total. The van der Waals surface area contributed by atoms with Crippen LogP contribution in [0.3, 0.4) is 0 Å². The number of hydrogen-bond acceptors (Lipinski definition) is 4. The van der Waals surface area contributed by atoms with Crippen molar-refractivity contribution in [2.24, 2.45) is 0 Å². The van der Waals surface area contributed by atoms with Crippen LogP contribution < -0.4 is 10.6 Å². The number of benzene rings is 2. The van der Waals surface area contributed by atoms with Gasteiger partial charge in [-0.3, -0.25) is 19.7 Å². The smallest absolute Gasteiger partial charge is 0.272 e. The summed E-state index contributed by atoms with van der Waals surface area (Å²) in [6.07, 6.45) is 1.30. The monoisotopic (exact) mass is 427 g/mol. The highest BCUT2D eigenvalue weighted by Gasteiger charge is 2.15. The Balaban J connectivity index is 2.37. The van der Waals surface area contributed by atoms with Gasteiger partial charge in [-0.25, -0.2) is 0 Å². The van der Waals surface area contributed by atoms with Crippen molar-refractivity contribution in [3.8, 4) is 0 Å². The van der Waals surface area contributed by atoms with E-state index in [4.69, 9.17) is 34.8 Å². The number of nitro groups is 1. The number of nitrogens with zero attached hydrogens (tertiary/aromatic N) is 1. The summed E-state index contributed by atoms with van der Waals surface area (Å²) >= 11 is 17.8. The van der Waals surface area contributed by atoms with Crippen molar-refractivity contribution in [2.75, 3.05) is 5.32 Å². The van der Waals surface area contributed by atoms with E-state index in [0.29, 0.717) is 5.56 Å². The van der Waals surface area contributed by atoms with E-state index >= 15 is 0 Å². The maximum Gasteiger partial charge on any atom is 0.272 e. The predicted molar refractivity (Wildman–Crippen MR) is 105 cm³/mol. The molecule has 2 N–H and O–H groups in total. The van der Waals surface area contributed by atoms with Gasteiger partial charge in [0.25, 0.3) is 11.6 Å². The van der Waals surface area contributed by atoms with Gasteiger partial charge < -0.3 is 10.6 Å². The Hall–Kier alpha value is -2.61. The van der Waals surface area contributed by atoms with E-state index in [1.54, 1.807) is 6.07 Å². The predicted octanol–water partition coefficient (Wildman–Crippen LogP) is 4.67. The number of nitrogens with one attached hydrogen (secondary N) is 2. The largest absolute Gasteiger partial charge is 0.322 e. The van der Waals surface area contributed by atoms with Crippen LogP contribution in [-0.2, 0) is 9.59 Å². The molecule has 0 unspecified atom stereocenters. The van der Waals surface area contributed by atoms with Crippen molar-refractivity contribution in [3.63, 3.8) is 0 Å². The van der Waals surface area contributed by atoms with Gasteiger partial charge in [0, 0.05) is 19.1 Å². The van der Waals surface area contributed by atoms with Crippen molar-refractivity contribution in [1.29, 1.82) is 0 Å². The average Bonchev–Trinajstić information content (AvgIpc) is 2.59. The van der Waals surface area contributed by atoms with E-state index in [0.717, 1.165) is 0 Å². The maximum atomic E-state index is 12.6. The highest BCUT2D eigenvalue weighted by Crippen LogP contribution is 2.32. The Labute approximate surface area is 169 Å². The van der Waals surface area contributed by atoms with Crippen molar-refractivity contribution in [3.05, 3.63) is 72.8 Å². The lowest BCUT2D eigenvalue weighted by Gasteiger charge is -2.12. The molecule has 0 radical (unpaired) electrons. The number of nitro benzene ring substituents is 1. The Kier molecular flexibility index (Phi) is 6.79. The number of hydrogen-bond donors (Lipinski definition) is 2. The lowest BCUT2D eigenvalue weighted by Crippen LogP contribution is -2.29. The Morgan fingerprint density at radius 1 is 1.07 bits per heavy atom. The molecular formula is C17H12Cl3N3O4. The normalized spacial score (nSPS) is 11.0. The van der Waals surface area contributed by atoms with Crippen LogP contribution >= 0.6 is 34.8 Å². The van der Waals surface area contributed by atoms with Crippen molar-refractivity contribution in [1.82, 2.24) is 5.32 Å². The second-order valence-electron chi connectivity index (χ2n) is 5.29. The molecule has 10 heteroatoms. The zero-order valence-corrected chi connectivity index (χ0v) is 16.0. The van der Waals surface area contributed by atoms with Gasteiger partial charge in [0.2, 0.25) is 5.91 Å². The number of non-ortho nitro benzene ring substituents is 1. The fourth-order valence-electron chi connectivity index (χ4n) is 2.05. The minimum Gasteiger partial charge on any atom is -0.322 e. The molecule has 2 amide bonds. The first-order chi connectivity index (χ1) is 12.7. The number of carbonyl (C=O) groups excluding carboxylic acids is 2. The van der Waals surface area contributed by atoms with Gasteiger partial charge in [0.15, 0.2) is 0 Å². The quantitative estimate of drug-likeness (QED) is 0.313. The molecule has 2 aromatic carbocycles. The van der Waals surface area contributed by atoms with Gasteiger partial charge in [-0.2, -0.15) is 0 Å². The summed E-state index contributed by atoms with van der Waals surface area (Å²) in [5.74, 6) is -1.20. The molecule has 2 aromatic rings. The Morgan fingerprint density at radius 3 is 2.37 bits per heavy atom. The summed E-state index contributed by atoms with van der Waals surface area (Å²) < 4.78 is 0.